The number of carbonyl (C=O) groups excluding carboxylic acids is 1. The molecule has 0 bridgehead atoms. The van der Waals surface area contributed by atoms with Crippen molar-refractivity contribution < 1.29 is 9.90 Å². The summed E-state index contributed by atoms with van der Waals surface area (Å²) in [5.41, 5.74) is 3.05. The van der Waals surface area contributed by atoms with Crippen LogP contribution in [0.1, 0.15) is 54.6 Å². The first kappa shape index (κ1) is 19.4. The van der Waals surface area contributed by atoms with Gasteiger partial charge in [-0.3, -0.25) is 4.79 Å². The highest BCUT2D eigenvalue weighted by molar-refractivity contribution is 5.99. The maximum atomic E-state index is 13.8. The van der Waals surface area contributed by atoms with Crippen LogP contribution < -0.4 is 0 Å². The minimum Gasteiger partial charge on any atom is -0.393 e. The molecule has 1 aliphatic carbocycles. The van der Waals surface area contributed by atoms with E-state index >= 15 is 0 Å². The van der Waals surface area contributed by atoms with Crippen molar-refractivity contribution in [2.75, 3.05) is 6.54 Å². The predicted molar refractivity (Wildman–Crippen MR) is 120 cm³/mol. The standard InChI is InChI=1S/C26H30N2O2/c29-25-15-7-5-12-21(25)23-14-8-16-27(23)26(30)24-17-20-11-4-6-13-22(20)28(24)18-19-9-2-1-3-10-19/h1-4,6,9-11,13,17,21,23,25,29H,5,7-8,12,14-16,18H2. The van der Waals surface area contributed by atoms with Crippen LogP contribution in [0.15, 0.2) is 60.7 Å². The van der Waals surface area contributed by atoms with Crippen LogP contribution in [0.5, 0.6) is 0 Å². The summed E-state index contributed by atoms with van der Waals surface area (Å²) >= 11 is 0. The molecule has 4 nitrogen and oxygen atoms in total. The number of hydrogen-bond donors (Lipinski definition) is 1. The van der Waals surface area contributed by atoms with Gasteiger partial charge in [0, 0.05) is 36.0 Å². The van der Waals surface area contributed by atoms with Gasteiger partial charge < -0.3 is 14.6 Å². The number of aliphatic hydroxyl groups is 1. The van der Waals surface area contributed by atoms with Gasteiger partial charge in [-0.2, -0.15) is 0 Å². The number of benzene rings is 2. The highest BCUT2D eigenvalue weighted by Crippen LogP contribution is 2.36. The van der Waals surface area contributed by atoms with Crippen molar-refractivity contribution in [1.82, 2.24) is 9.47 Å². The maximum Gasteiger partial charge on any atom is 0.270 e. The number of nitrogens with zero attached hydrogens (tertiary/aromatic N) is 2. The minimum absolute atomic E-state index is 0.113. The number of aromatic nitrogens is 1. The SMILES string of the molecule is O=C(c1cc2ccccc2n1Cc1ccccc1)N1CCCC1C1CCCCC1O. The molecule has 30 heavy (non-hydrogen) atoms. The number of rotatable bonds is 4. The van der Waals surface area contributed by atoms with E-state index in [2.05, 4.69) is 33.7 Å². The molecular formula is C26H30N2O2. The Morgan fingerprint density at radius 3 is 2.53 bits per heavy atom. The molecule has 2 fully saturated rings. The molecule has 2 heterocycles. The van der Waals surface area contributed by atoms with Crippen molar-refractivity contribution >= 4 is 16.8 Å². The highest BCUT2D eigenvalue weighted by Gasteiger charge is 2.40. The molecule has 1 aliphatic heterocycles. The third-order valence-corrected chi connectivity index (χ3v) is 7.05. The lowest BCUT2D eigenvalue weighted by Crippen LogP contribution is -2.45. The number of fused-ring (bicyclic) bond motifs is 1. The average molecular weight is 403 g/mol. The lowest BCUT2D eigenvalue weighted by atomic mass is 9.80. The Bertz CT molecular complexity index is 1030. The molecule has 1 N–H and O–H groups in total. The minimum atomic E-state index is -0.271. The number of likely N-dealkylation sites (tertiary alicyclic amines) is 1. The van der Waals surface area contributed by atoms with Crippen molar-refractivity contribution in [2.45, 2.75) is 57.2 Å². The van der Waals surface area contributed by atoms with E-state index in [1.807, 2.05) is 36.4 Å². The number of aliphatic hydroxyl groups excluding tert-OH is 1. The van der Waals surface area contributed by atoms with E-state index in [1.54, 1.807) is 0 Å². The zero-order chi connectivity index (χ0) is 20.5. The normalized spacial score (nSPS) is 24.4. The largest absolute Gasteiger partial charge is 0.393 e. The molecule has 3 atom stereocenters. The molecule has 3 aromatic rings. The van der Waals surface area contributed by atoms with Crippen LogP contribution >= 0.6 is 0 Å². The summed E-state index contributed by atoms with van der Waals surface area (Å²) in [6.45, 7) is 1.47. The molecule has 2 aromatic carbocycles. The van der Waals surface area contributed by atoms with Gasteiger partial charge in [-0.15, -0.1) is 0 Å². The van der Waals surface area contributed by atoms with E-state index in [0.717, 1.165) is 61.7 Å². The zero-order valence-electron chi connectivity index (χ0n) is 17.4. The molecule has 1 aromatic heterocycles. The van der Waals surface area contributed by atoms with Gasteiger partial charge in [-0.1, -0.05) is 61.4 Å². The first-order chi connectivity index (χ1) is 14.7. The molecule has 4 heteroatoms. The van der Waals surface area contributed by atoms with Crippen molar-refractivity contribution in [1.29, 1.82) is 0 Å². The molecule has 1 saturated carbocycles. The molecule has 5 rings (SSSR count). The van der Waals surface area contributed by atoms with Gasteiger partial charge in [-0.05, 0) is 43.4 Å². The lowest BCUT2D eigenvalue weighted by Gasteiger charge is -2.37. The molecule has 1 amide bonds. The Balaban J connectivity index is 1.50. The Morgan fingerprint density at radius 1 is 0.933 bits per heavy atom. The average Bonchev–Trinajstić information content (AvgIpc) is 3.40. The van der Waals surface area contributed by atoms with Gasteiger partial charge in [-0.25, -0.2) is 0 Å². The zero-order valence-corrected chi connectivity index (χ0v) is 17.4. The van der Waals surface area contributed by atoms with Crippen LogP contribution in [0.2, 0.25) is 0 Å². The molecular weight excluding hydrogens is 372 g/mol. The van der Waals surface area contributed by atoms with Gasteiger partial charge in [0.25, 0.3) is 5.91 Å². The summed E-state index contributed by atoms with van der Waals surface area (Å²) in [5.74, 6) is 0.333. The summed E-state index contributed by atoms with van der Waals surface area (Å²) in [6.07, 6.45) is 5.93. The van der Waals surface area contributed by atoms with E-state index < -0.39 is 0 Å². The van der Waals surface area contributed by atoms with Crippen LogP contribution in [0.25, 0.3) is 10.9 Å². The lowest BCUT2D eigenvalue weighted by molar-refractivity contribution is 0.0208. The summed E-state index contributed by atoms with van der Waals surface area (Å²) in [4.78, 5) is 15.9. The number of para-hydroxylation sites is 1. The highest BCUT2D eigenvalue weighted by atomic mass is 16.3. The van der Waals surface area contributed by atoms with Crippen molar-refractivity contribution in [3.05, 3.63) is 71.9 Å². The Labute approximate surface area is 178 Å². The van der Waals surface area contributed by atoms with E-state index in [1.165, 1.54) is 5.56 Å². The fraction of sp³-hybridized carbons (Fsp3) is 0.423. The summed E-state index contributed by atoms with van der Waals surface area (Å²) < 4.78 is 2.17. The quantitative estimate of drug-likeness (QED) is 0.678. The van der Waals surface area contributed by atoms with Crippen molar-refractivity contribution in [2.24, 2.45) is 5.92 Å². The van der Waals surface area contributed by atoms with E-state index in [0.29, 0.717) is 6.54 Å². The first-order valence-electron chi connectivity index (χ1n) is 11.3. The second-order valence-electron chi connectivity index (χ2n) is 8.88. The fourth-order valence-electron chi connectivity index (χ4n) is 5.55. The first-order valence-corrected chi connectivity index (χ1v) is 11.3. The number of hydrogen-bond acceptors (Lipinski definition) is 2. The molecule has 3 unspecified atom stereocenters. The van der Waals surface area contributed by atoms with Crippen molar-refractivity contribution in [3.8, 4) is 0 Å². The molecule has 1 saturated heterocycles. The van der Waals surface area contributed by atoms with Gasteiger partial charge in [0.1, 0.15) is 5.69 Å². The van der Waals surface area contributed by atoms with Crippen LogP contribution in [0.3, 0.4) is 0 Å². The molecule has 0 radical (unpaired) electrons. The Morgan fingerprint density at radius 2 is 1.70 bits per heavy atom. The van der Waals surface area contributed by atoms with E-state index in [9.17, 15) is 9.90 Å². The van der Waals surface area contributed by atoms with Gasteiger partial charge in [0.05, 0.1) is 6.10 Å². The topological polar surface area (TPSA) is 45.5 Å². The van der Waals surface area contributed by atoms with Crippen LogP contribution in [0.4, 0.5) is 0 Å². The Hall–Kier alpha value is -2.59. The third-order valence-electron chi connectivity index (χ3n) is 7.05. The summed E-state index contributed by atoms with van der Waals surface area (Å²) in [6, 6.07) is 20.8. The number of amides is 1. The van der Waals surface area contributed by atoms with E-state index in [-0.39, 0.29) is 24.0 Å². The second kappa shape index (κ2) is 8.27. The van der Waals surface area contributed by atoms with Crippen LogP contribution in [0, 0.1) is 5.92 Å². The third kappa shape index (κ3) is 3.54. The number of carbonyl (C=O) groups is 1. The van der Waals surface area contributed by atoms with Crippen LogP contribution in [-0.4, -0.2) is 39.2 Å². The Kier molecular flexibility index (Phi) is 5.34. The predicted octanol–water partition coefficient (Wildman–Crippen LogP) is 4.85. The van der Waals surface area contributed by atoms with Crippen LogP contribution in [-0.2, 0) is 6.54 Å². The maximum absolute atomic E-state index is 13.8. The van der Waals surface area contributed by atoms with E-state index in [4.69, 9.17) is 0 Å². The van der Waals surface area contributed by atoms with Gasteiger partial charge in [0.2, 0.25) is 0 Å². The smallest absolute Gasteiger partial charge is 0.270 e. The molecule has 156 valence electrons. The fourth-order valence-corrected chi connectivity index (χ4v) is 5.55. The summed E-state index contributed by atoms with van der Waals surface area (Å²) in [7, 11) is 0. The molecule has 2 aliphatic rings. The van der Waals surface area contributed by atoms with Gasteiger partial charge >= 0.3 is 0 Å². The van der Waals surface area contributed by atoms with Gasteiger partial charge in [0.15, 0.2) is 0 Å². The molecule has 0 spiro atoms. The van der Waals surface area contributed by atoms with Crippen molar-refractivity contribution in [3.63, 3.8) is 0 Å². The summed E-state index contributed by atoms with van der Waals surface area (Å²) in [5, 5.41) is 11.7. The monoisotopic (exact) mass is 402 g/mol. The second-order valence-corrected chi connectivity index (χ2v) is 8.88.